The predicted molar refractivity (Wildman–Crippen MR) is 51.3 cm³/mol. The molecule has 2 aliphatic rings. The molecule has 1 heterocycles. The van der Waals surface area contributed by atoms with Gasteiger partial charge in [0.05, 0.1) is 6.61 Å². The van der Waals surface area contributed by atoms with Gasteiger partial charge in [-0.2, -0.15) is 0 Å². The molecule has 0 aromatic heterocycles. The quantitative estimate of drug-likeness (QED) is 0.623. The van der Waals surface area contributed by atoms with E-state index < -0.39 is 0 Å². The average Bonchev–Trinajstić information content (AvgIpc) is 2.40. The summed E-state index contributed by atoms with van der Waals surface area (Å²) in [4.78, 5) is 0. The van der Waals surface area contributed by atoms with Crippen LogP contribution in [-0.2, 0) is 9.47 Å². The summed E-state index contributed by atoms with van der Waals surface area (Å²) < 4.78 is 11.1. The monoisotopic (exact) mass is 182 g/mol. The minimum atomic E-state index is 0.0940. The minimum absolute atomic E-state index is 0.0940. The van der Waals surface area contributed by atoms with Crippen LogP contribution < -0.4 is 0 Å². The lowest BCUT2D eigenvalue weighted by Gasteiger charge is -2.38. The highest BCUT2D eigenvalue weighted by Gasteiger charge is 2.49. The molecule has 0 N–H and O–H groups in total. The first-order valence-corrected chi connectivity index (χ1v) is 5.22. The van der Waals surface area contributed by atoms with Crippen molar-refractivity contribution < 1.29 is 9.47 Å². The van der Waals surface area contributed by atoms with Crippen LogP contribution in [0.2, 0.25) is 0 Å². The first-order valence-electron chi connectivity index (χ1n) is 5.22. The van der Waals surface area contributed by atoms with Gasteiger partial charge in [0, 0.05) is 12.5 Å². The average molecular weight is 182 g/mol. The van der Waals surface area contributed by atoms with Crippen molar-refractivity contribution in [3.8, 4) is 0 Å². The van der Waals surface area contributed by atoms with Crippen LogP contribution in [0.3, 0.4) is 0 Å². The van der Waals surface area contributed by atoms with Crippen molar-refractivity contribution in [1.29, 1.82) is 0 Å². The van der Waals surface area contributed by atoms with Gasteiger partial charge in [0.1, 0.15) is 0 Å². The summed E-state index contributed by atoms with van der Waals surface area (Å²) in [5, 5.41) is 0. The summed E-state index contributed by atoms with van der Waals surface area (Å²) in [6.07, 6.45) is 5.80. The zero-order valence-corrected chi connectivity index (χ0v) is 8.40. The molecule has 74 valence electrons. The van der Waals surface area contributed by atoms with Gasteiger partial charge in [-0.15, -0.1) is 0 Å². The molecule has 1 unspecified atom stereocenters. The van der Waals surface area contributed by atoms with Crippen molar-refractivity contribution in [3.05, 3.63) is 12.2 Å². The summed E-state index contributed by atoms with van der Waals surface area (Å²) in [6.45, 7) is 5.77. The molecule has 2 nitrogen and oxygen atoms in total. The molecule has 0 aromatic rings. The lowest BCUT2D eigenvalue weighted by Crippen LogP contribution is -2.38. The van der Waals surface area contributed by atoms with Crippen LogP contribution >= 0.6 is 0 Å². The Labute approximate surface area is 79.9 Å². The van der Waals surface area contributed by atoms with Gasteiger partial charge in [0.2, 0.25) is 0 Å². The second kappa shape index (κ2) is 3.81. The molecule has 2 fully saturated rings. The Hall–Kier alpha value is -0.340. The number of allylic oxidation sites excluding steroid dienone is 2. The molecule has 4 atom stereocenters. The second-order valence-corrected chi connectivity index (χ2v) is 3.91. The van der Waals surface area contributed by atoms with Crippen LogP contribution in [-0.4, -0.2) is 19.5 Å². The highest BCUT2D eigenvalue weighted by atomic mass is 16.7. The van der Waals surface area contributed by atoms with Gasteiger partial charge < -0.3 is 9.47 Å². The largest absolute Gasteiger partial charge is 0.353 e. The Bertz CT molecular complexity index is 200. The number of ether oxygens (including phenoxy) is 2. The van der Waals surface area contributed by atoms with Gasteiger partial charge in [0.15, 0.2) is 6.29 Å². The molecule has 1 aliphatic heterocycles. The van der Waals surface area contributed by atoms with E-state index >= 15 is 0 Å². The van der Waals surface area contributed by atoms with Crippen molar-refractivity contribution in [2.75, 3.05) is 13.2 Å². The fourth-order valence-electron chi connectivity index (χ4n) is 2.48. The molecule has 0 spiro atoms. The van der Waals surface area contributed by atoms with Gasteiger partial charge in [-0.05, 0) is 32.1 Å². The first kappa shape index (κ1) is 9.22. The van der Waals surface area contributed by atoms with E-state index in [0.717, 1.165) is 25.0 Å². The molecule has 0 radical (unpaired) electrons. The van der Waals surface area contributed by atoms with Crippen molar-refractivity contribution in [2.24, 2.45) is 17.8 Å². The van der Waals surface area contributed by atoms with E-state index in [4.69, 9.17) is 9.47 Å². The van der Waals surface area contributed by atoms with Gasteiger partial charge in [-0.25, -0.2) is 0 Å². The van der Waals surface area contributed by atoms with Crippen LogP contribution in [0.15, 0.2) is 12.2 Å². The van der Waals surface area contributed by atoms with Gasteiger partial charge in [-0.1, -0.05) is 12.2 Å². The Morgan fingerprint density at radius 3 is 3.00 bits per heavy atom. The maximum absolute atomic E-state index is 5.60. The summed E-state index contributed by atoms with van der Waals surface area (Å²) in [5.74, 6) is 2.15. The Balaban J connectivity index is 1.87. The third-order valence-corrected chi connectivity index (χ3v) is 3.22. The first-order chi connectivity index (χ1) is 6.36. The predicted octanol–water partition coefficient (Wildman–Crippen LogP) is 2.21. The molecule has 0 bridgehead atoms. The number of rotatable bonds is 3. The fourth-order valence-corrected chi connectivity index (χ4v) is 2.48. The summed E-state index contributed by atoms with van der Waals surface area (Å²) in [5.41, 5.74) is 0. The summed E-state index contributed by atoms with van der Waals surface area (Å²) in [7, 11) is 0. The van der Waals surface area contributed by atoms with E-state index in [1.165, 1.54) is 6.42 Å². The molecular weight excluding hydrogens is 164 g/mol. The molecule has 1 saturated carbocycles. The lowest BCUT2D eigenvalue weighted by molar-refractivity contribution is -0.134. The lowest BCUT2D eigenvalue weighted by atomic mass is 9.66. The van der Waals surface area contributed by atoms with Gasteiger partial charge >= 0.3 is 0 Å². The SMILES string of the molecule is C/C=C/C1C[C@@H]2[C@@H](OCC)OC[C@H]12. The zero-order chi connectivity index (χ0) is 9.26. The van der Waals surface area contributed by atoms with E-state index in [9.17, 15) is 0 Å². The maximum atomic E-state index is 5.60. The van der Waals surface area contributed by atoms with E-state index in [1.54, 1.807) is 0 Å². The topological polar surface area (TPSA) is 18.5 Å². The Morgan fingerprint density at radius 2 is 2.31 bits per heavy atom. The fraction of sp³-hybridized carbons (Fsp3) is 0.818. The zero-order valence-electron chi connectivity index (χ0n) is 8.40. The van der Waals surface area contributed by atoms with Crippen LogP contribution in [0.1, 0.15) is 20.3 Å². The highest BCUT2D eigenvalue weighted by Crippen LogP contribution is 2.48. The van der Waals surface area contributed by atoms with E-state index in [1.807, 2.05) is 6.92 Å². The van der Waals surface area contributed by atoms with Gasteiger partial charge in [0.25, 0.3) is 0 Å². The maximum Gasteiger partial charge on any atom is 0.160 e. The van der Waals surface area contributed by atoms with E-state index in [0.29, 0.717) is 5.92 Å². The van der Waals surface area contributed by atoms with Crippen LogP contribution in [0.4, 0.5) is 0 Å². The third-order valence-electron chi connectivity index (χ3n) is 3.22. The molecule has 1 aliphatic carbocycles. The van der Waals surface area contributed by atoms with Crippen molar-refractivity contribution in [2.45, 2.75) is 26.6 Å². The number of hydrogen-bond acceptors (Lipinski definition) is 2. The van der Waals surface area contributed by atoms with Crippen LogP contribution in [0.25, 0.3) is 0 Å². The second-order valence-electron chi connectivity index (χ2n) is 3.91. The molecule has 1 saturated heterocycles. The molecule has 0 amide bonds. The van der Waals surface area contributed by atoms with Crippen molar-refractivity contribution in [1.82, 2.24) is 0 Å². The molecule has 2 heteroatoms. The Kier molecular flexibility index (Phi) is 2.70. The normalized spacial score (nSPS) is 43.5. The number of fused-ring (bicyclic) bond motifs is 1. The van der Waals surface area contributed by atoms with E-state index in [-0.39, 0.29) is 6.29 Å². The van der Waals surface area contributed by atoms with Crippen LogP contribution in [0, 0.1) is 17.8 Å². The molecule has 2 rings (SSSR count). The summed E-state index contributed by atoms with van der Waals surface area (Å²) in [6, 6.07) is 0. The van der Waals surface area contributed by atoms with Crippen LogP contribution in [0.5, 0.6) is 0 Å². The third kappa shape index (κ3) is 1.53. The molecule has 13 heavy (non-hydrogen) atoms. The summed E-state index contributed by atoms with van der Waals surface area (Å²) >= 11 is 0. The smallest absolute Gasteiger partial charge is 0.160 e. The molecular formula is C11H18O2. The number of hydrogen-bond donors (Lipinski definition) is 0. The Morgan fingerprint density at radius 1 is 1.46 bits per heavy atom. The van der Waals surface area contributed by atoms with Crippen molar-refractivity contribution >= 4 is 0 Å². The highest BCUT2D eigenvalue weighted by molar-refractivity contribution is 5.03. The van der Waals surface area contributed by atoms with Gasteiger partial charge in [-0.3, -0.25) is 0 Å². The molecule has 0 aromatic carbocycles. The van der Waals surface area contributed by atoms with E-state index in [2.05, 4.69) is 19.1 Å². The standard InChI is InChI=1S/C11H18O2/c1-3-5-8-6-9-10(8)7-13-11(9)12-4-2/h3,5,8-11H,4,6-7H2,1-2H3/b5-3+/t8?,9-,10+,11-/m0/s1. The van der Waals surface area contributed by atoms with Crippen molar-refractivity contribution in [3.63, 3.8) is 0 Å². The minimum Gasteiger partial charge on any atom is -0.353 e.